The molecule has 0 aliphatic carbocycles. The second kappa shape index (κ2) is 10.5. The molecule has 0 unspecified atom stereocenters. The van der Waals surface area contributed by atoms with Gasteiger partial charge in [-0.1, -0.05) is 12.1 Å². The first-order valence-electron chi connectivity index (χ1n) is 12.8. The third-order valence-electron chi connectivity index (χ3n) is 7.59. The number of aromatic nitrogens is 2. The van der Waals surface area contributed by atoms with Crippen molar-refractivity contribution >= 4 is 33.2 Å². The predicted octanol–water partition coefficient (Wildman–Crippen LogP) is 3.25. The molecular formula is C28H31N5O4S. The van der Waals surface area contributed by atoms with E-state index in [9.17, 15) is 18.0 Å². The highest BCUT2D eigenvalue weighted by molar-refractivity contribution is 7.92. The lowest BCUT2D eigenvalue weighted by atomic mass is 9.99. The number of sulfone groups is 1. The van der Waals surface area contributed by atoms with E-state index in [4.69, 9.17) is 0 Å². The van der Waals surface area contributed by atoms with Crippen LogP contribution < -0.4 is 10.2 Å². The monoisotopic (exact) mass is 533 g/mol. The second-order valence-electron chi connectivity index (χ2n) is 9.98. The highest BCUT2D eigenvalue weighted by Gasteiger charge is 2.35. The molecule has 0 radical (unpaired) electrons. The van der Waals surface area contributed by atoms with Gasteiger partial charge in [0.25, 0.3) is 5.91 Å². The Morgan fingerprint density at radius 3 is 2.32 bits per heavy atom. The average molecular weight is 534 g/mol. The number of hydrogen-bond donors (Lipinski definition) is 1. The summed E-state index contributed by atoms with van der Waals surface area (Å²) in [7, 11) is -3.55. The van der Waals surface area contributed by atoms with E-state index in [-0.39, 0.29) is 22.6 Å². The fraction of sp³-hybridized carbons (Fsp3) is 0.357. The minimum atomic E-state index is -3.55. The molecule has 0 atom stereocenters. The fourth-order valence-electron chi connectivity index (χ4n) is 4.98. The van der Waals surface area contributed by atoms with Crippen molar-refractivity contribution in [2.45, 2.75) is 36.8 Å². The van der Waals surface area contributed by atoms with Crippen LogP contribution in [0.2, 0.25) is 0 Å². The van der Waals surface area contributed by atoms with Gasteiger partial charge in [-0.25, -0.2) is 8.42 Å². The van der Waals surface area contributed by atoms with Gasteiger partial charge in [0.2, 0.25) is 5.91 Å². The maximum absolute atomic E-state index is 13.3. The fourth-order valence-corrected chi connectivity index (χ4v) is 6.71. The van der Waals surface area contributed by atoms with E-state index < -0.39 is 15.1 Å². The van der Waals surface area contributed by atoms with Crippen molar-refractivity contribution in [3.63, 3.8) is 0 Å². The zero-order valence-corrected chi connectivity index (χ0v) is 22.3. The van der Waals surface area contributed by atoms with E-state index in [1.54, 1.807) is 41.4 Å². The summed E-state index contributed by atoms with van der Waals surface area (Å²) < 4.78 is 26.6. The van der Waals surface area contributed by atoms with Crippen LogP contribution in [0.5, 0.6) is 0 Å². The number of carbonyl (C=O) groups is 2. The lowest BCUT2D eigenvalue weighted by molar-refractivity contribution is -0.120. The van der Waals surface area contributed by atoms with E-state index >= 15 is 0 Å². The Morgan fingerprint density at radius 2 is 1.66 bits per heavy atom. The van der Waals surface area contributed by atoms with Crippen molar-refractivity contribution in [1.29, 1.82) is 0 Å². The minimum Gasteiger partial charge on any atom is -0.353 e. The molecule has 2 aromatic carbocycles. The molecule has 2 fully saturated rings. The minimum absolute atomic E-state index is 0.0478. The van der Waals surface area contributed by atoms with Gasteiger partial charge in [-0.3, -0.25) is 9.59 Å². The molecule has 0 saturated carbocycles. The summed E-state index contributed by atoms with van der Waals surface area (Å²) in [6.45, 7) is 5.83. The maximum Gasteiger partial charge on any atom is 0.254 e. The zero-order chi connectivity index (χ0) is 26.9. The standard InChI is InChI=1S/C28H31N5O4S/c1-19-5-3-6-25(20(19)2)28(35)32-15-12-24(13-16-32)38(36,37)23-10-8-22(9-11-23)30-27(34)21-17-33(18-21)26-7-4-14-29-31-26/h3-11,14,21,24H,12-13,15-18H2,1-2H3,(H,30,34). The molecule has 3 heterocycles. The van der Waals surface area contributed by atoms with Gasteiger partial charge < -0.3 is 15.1 Å². The van der Waals surface area contributed by atoms with E-state index in [1.165, 1.54) is 0 Å². The van der Waals surface area contributed by atoms with Gasteiger partial charge >= 0.3 is 0 Å². The smallest absolute Gasteiger partial charge is 0.254 e. The van der Waals surface area contributed by atoms with E-state index in [0.717, 1.165) is 16.9 Å². The summed E-state index contributed by atoms with van der Waals surface area (Å²) in [5.74, 6) is 0.415. The molecule has 2 amide bonds. The van der Waals surface area contributed by atoms with E-state index in [0.29, 0.717) is 50.3 Å². The Balaban J connectivity index is 1.15. The summed E-state index contributed by atoms with van der Waals surface area (Å²) in [4.78, 5) is 29.6. The van der Waals surface area contributed by atoms with Crippen LogP contribution in [0.15, 0.2) is 65.7 Å². The first kappa shape index (κ1) is 25.8. The summed E-state index contributed by atoms with van der Waals surface area (Å²) >= 11 is 0. The average Bonchev–Trinajstić information content (AvgIpc) is 2.90. The summed E-state index contributed by atoms with van der Waals surface area (Å²) in [6.07, 6.45) is 2.39. The van der Waals surface area contributed by atoms with Crippen LogP contribution >= 0.6 is 0 Å². The van der Waals surface area contributed by atoms with Crippen LogP contribution in [0.1, 0.15) is 34.3 Å². The van der Waals surface area contributed by atoms with Gasteiger partial charge in [-0.15, -0.1) is 5.10 Å². The molecule has 1 N–H and O–H groups in total. The number of rotatable bonds is 6. The highest BCUT2D eigenvalue weighted by Crippen LogP contribution is 2.28. The quantitative estimate of drug-likeness (QED) is 0.518. The lowest BCUT2D eigenvalue weighted by Crippen LogP contribution is -2.52. The summed E-state index contributed by atoms with van der Waals surface area (Å²) in [6, 6.07) is 15.7. The molecule has 198 valence electrons. The van der Waals surface area contributed by atoms with Crippen LogP contribution in [0.4, 0.5) is 11.5 Å². The number of aryl methyl sites for hydroxylation is 1. The number of nitrogens with zero attached hydrogens (tertiary/aromatic N) is 4. The number of hydrogen-bond acceptors (Lipinski definition) is 7. The van der Waals surface area contributed by atoms with Crippen molar-refractivity contribution in [3.8, 4) is 0 Å². The molecule has 10 heteroatoms. The lowest BCUT2D eigenvalue weighted by Gasteiger charge is -2.38. The molecule has 0 bridgehead atoms. The normalized spacial score (nSPS) is 16.7. The number of piperidine rings is 1. The van der Waals surface area contributed by atoms with Crippen LogP contribution in [-0.2, 0) is 14.6 Å². The first-order valence-corrected chi connectivity index (χ1v) is 14.3. The number of anilines is 2. The Bertz CT molecular complexity index is 1430. The molecule has 2 aliphatic rings. The number of nitrogens with one attached hydrogen (secondary N) is 1. The highest BCUT2D eigenvalue weighted by atomic mass is 32.2. The van der Waals surface area contributed by atoms with Crippen molar-refractivity contribution in [3.05, 3.63) is 77.5 Å². The van der Waals surface area contributed by atoms with Crippen molar-refractivity contribution in [2.24, 2.45) is 5.92 Å². The molecule has 38 heavy (non-hydrogen) atoms. The topological polar surface area (TPSA) is 113 Å². The van der Waals surface area contributed by atoms with Crippen molar-refractivity contribution in [2.75, 3.05) is 36.4 Å². The molecular weight excluding hydrogens is 502 g/mol. The number of likely N-dealkylation sites (tertiary alicyclic amines) is 1. The van der Waals surface area contributed by atoms with Gasteiger partial charge in [0, 0.05) is 43.6 Å². The maximum atomic E-state index is 13.3. The van der Waals surface area contributed by atoms with Gasteiger partial charge in [-0.2, -0.15) is 5.10 Å². The Kier molecular flexibility index (Phi) is 7.16. The van der Waals surface area contributed by atoms with Gasteiger partial charge in [0.15, 0.2) is 15.7 Å². The van der Waals surface area contributed by atoms with Crippen LogP contribution in [-0.4, -0.2) is 66.8 Å². The van der Waals surface area contributed by atoms with E-state index in [1.807, 2.05) is 43.0 Å². The second-order valence-corrected chi connectivity index (χ2v) is 12.2. The SMILES string of the molecule is Cc1cccc(C(=O)N2CCC(S(=O)(=O)c3ccc(NC(=O)C4CN(c5cccnn5)C4)cc3)CC2)c1C. The Hall–Kier alpha value is -3.79. The largest absolute Gasteiger partial charge is 0.353 e. The third-order valence-corrected chi connectivity index (χ3v) is 9.87. The summed E-state index contributed by atoms with van der Waals surface area (Å²) in [5.41, 5.74) is 3.25. The molecule has 9 nitrogen and oxygen atoms in total. The molecule has 2 saturated heterocycles. The van der Waals surface area contributed by atoms with Crippen molar-refractivity contribution < 1.29 is 18.0 Å². The number of benzene rings is 2. The Labute approximate surface area is 222 Å². The van der Waals surface area contributed by atoms with Crippen LogP contribution in [0, 0.1) is 19.8 Å². The zero-order valence-electron chi connectivity index (χ0n) is 21.5. The van der Waals surface area contributed by atoms with Crippen LogP contribution in [0.3, 0.4) is 0 Å². The third kappa shape index (κ3) is 5.13. The first-order chi connectivity index (χ1) is 18.2. The van der Waals surface area contributed by atoms with Crippen LogP contribution in [0.25, 0.3) is 0 Å². The number of carbonyl (C=O) groups excluding carboxylic acids is 2. The summed E-state index contributed by atoms with van der Waals surface area (Å²) in [5, 5.41) is 10.2. The van der Waals surface area contributed by atoms with Gasteiger partial charge in [0.1, 0.15) is 0 Å². The molecule has 1 aromatic heterocycles. The predicted molar refractivity (Wildman–Crippen MR) is 145 cm³/mol. The van der Waals surface area contributed by atoms with E-state index in [2.05, 4.69) is 15.5 Å². The molecule has 2 aliphatic heterocycles. The number of amides is 2. The van der Waals surface area contributed by atoms with Gasteiger partial charge in [-0.05, 0) is 80.3 Å². The van der Waals surface area contributed by atoms with Gasteiger partial charge in [0.05, 0.1) is 16.1 Å². The van der Waals surface area contributed by atoms with Crippen molar-refractivity contribution in [1.82, 2.24) is 15.1 Å². The molecule has 5 rings (SSSR count). The molecule has 3 aromatic rings. The Morgan fingerprint density at radius 1 is 0.947 bits per heavy atom. The molecule has 0 spiro atoms.